The number of halogens is 2. The van der Waals surface area contributed by atoms with E-state index >= 15 is 0 Å². The fourth-order valence-electron chi connectivity index (χ4n) is 2.57. The van der Waals surface area contributed by atoms with Crippen LogP contribution in [0.15, 0.2) is 60.0 Å². The van der Waals surface area contributed by atoms with E-state index in [2.05, 4.69) is 11.9 Å². The molecule has 9 heteroatoms. The van der Waals surface area contributed by atoms with Crippen molar-refractivity contribution in [3.63, 3.8) is 0 Å². The van der Waals surface area contributed by atoms with Crippen LogP contribution in [0.4, 0.5) is 5.69 Å². The first-order valence-electron chi connectivity index (χ1n) is 8.72. The van der Waals surface area contributed by atoms with Gasteiger partial charge in [-0.1, -0.05) is 71.5 Å². The lowest BCUT2D eigenvalue weighted by molar-refractivity contribution is -0.121. The maximum atomic E-state index is 12.4. The number of carbonyl (C=O) groups excluding carboxylic acids is 2. The van der Waals surface area contributed by atoms with E-state index in [4.69, 9.17) is 40.2 Å². The Bertz CT molecular complexity index is 1060. The van der Waals surface area contributed by atoms with Crippen LogP contribution in [0, 0.1) is 0 Å². The van der Waals surface area contributed by atoms with Gasteiger partial charge in [-0.15, -0.1) is 6.58 Å². The molecule has 0 saturated carbocycles. The number of hydrogen-bond acceptors (Lipinski definition) is 5. The highest BCUT2D eigenvalue weighted by molar-refractivity contribution is 8.26. The Labute approximate surface area is 193 Å². The van der Waals surface area contributed by atoms with Crippen molar-refractivity contribution in [1.29, 1.82) is 0 Å². The lowest BCUT2D eigenvalue weighted by Crippen LogP contribution is -2.27. The van der Waals surface area contributed by atoms with E-state index in [9.17, 15) is 9.59 Å². The van der Waals surface area contributed by atoms with Gasteiger partial charge < -0.3 is 10.1 Å². The third-order valence-electron chi connectivity index (χ3n) is 3.94. The van der Waals surface area contributed by atoms with E-state index in [1.165, 1.54) is 16.7 Å². The Morgan fingerprint density at radius 3 is 2.80 bits per heavy atom. The van der Waals surface area contributed by atoms with Crippen LogP contribution in [0.5, 0.6) is 5.75 Å². The number of rotatable bonds is 7. The molecule has 5 nitrogen and oxygen atoms in total. The van der Waals surface area contributed by atoms with Crippen LogP contribution >= 0.6 is 47.2 Å². The number of thioether (sulfide) groups is 1. The van der Waals surface area contributed by atoms with Gasteiger partial charge in [0.15, 0.2) is 6.61 Å². The van der Waals surface area contributed by atoms with E-state index in [0.717, 1.165) is 5.56 Å². The van der Waals surface area contributed by atoms with Crippen molar-refractivity contribution in [3.8, 4) is 5.75 Å². The quantitative estimate of drug-likeness (QED) is 0.328. The summed E-state index contributed by atoms with van der Waals surface area (Å²) in [5, 5.41) is 3.27. The zero-order chi connectivity index (χ0) is 21.7. The molecule has 0 bridgehead atoms. The minimum Gasteiger partial charge on any atom is -0.484 e. The van der Waals surface area contributed by atoms with Gasteiger partial charge in [-0.05, 0) is 35.9 Å². The normalized spacial score (nSPS) is 14.9. The highest BCUT2D eigenvalue weighted by Crippen LogP contribution is 2.33. The van der Waals surface area contributed by atoms with E-state index in [1.54, 1.807) is 48.6 Å². The number of benzene rings is 2. The minimum atomic E-state index is -0.380. The molecule has 2 aromatic carbocycles. The highest BCUT2D eigenvalue weighted by atomic mass is 35.5. The van der Waals surface area contributed by atoms with Crippen molar-refractivity contribution in [2.24, 2.45) is 0 Å². The monoisotopic (exact) mass is 478 g/mol. The predicted octanol–water partition coefficient (Wildman–Crippen LogP) is 5.40. The molecule has 0 aliphatic carbocycles. The van der Waals surface area contributed by atoms with Crippen LogP contribution < -0.4 is 10.1 Å². The molecule has 1 aliphatic heterocycles. The van der Waals surface area contributed by atoms with E-state index in [1.807, 2.05) is 6.07 Å². The summed E-state index contributed by atoms with van der Waals surface area (Å²) >= 11 is 18.5. The van der Waals surface area contributed by atoms with Gasteiger partial charge in [0.2, 0.25) is 0 Å². The summed E-state index contributed by atoms with van der Waals surface area (Å²) in [5.41, 5.74) is 1.16. The zero-order valence-electron chi connectivity index (χ0n) is 15.6. The van der Waals surface area contributed by atoms with Gasteiger partial charge in [0.05, 0.1) is 20.6 Å². The lowest BCUT2D eigenvalue weighted by Gasteiger charge is -2.10. The number of nitrogens with one attached hydrogen (secondary N) is 1. The molecular formula is C21H16Cl2N2O3S2. The van der Waals surface area contributed by atoms with Gasteiger partial charge in [0, 0.05) is 6.54 Å². The smallest absolute Gasteiger partial charge is 0.266 e. The predicted molar refractivity (Wildman–Crippen MR) is 127 cm³/mol. The summed E-state index contributed by atoms with van der Waals surface area (Å²) in [5.74, 6) is -0.0541. The molecule has 0 unspecified atom stereocenters. The Morgan fingerprint density at radius 2 is 2.03 bits per heavy atom. The van der Waals surface area contributed by atoms with Gasteiger partial charge in [-0.25, -0.2) is 0 Å². The largest absolute Gasteiger partial charge is 0.484 e. The van der Waals surface area contributed by atoms with Crippen molar-refractivity contribution in [2.45, 2.75) is 0 Å². The molecule has 3 rings (SSSR count). The number of ether oxygens (including phenoxy) is 1. The first kappa shape index (κ1) is 22.4. The van der Waals surface area contributed by atoms with E-state index in [0.29, 0.717) is 32.2 Å². The number of anilines is 1. The second kappa shape index (κ2) is 10.1. The lowest BCUT2D eigenvalue weighted by atomic mass is 10.2. The average Bonchev–Trinajstić information content (AvgIpc) is 2.98. The van der Waals surface area contributed by atoms with Crippen molar-refractivity contribution in [3.05, 3.63) is 75.6 Å². The van der Waals surface area contributed by atoms with Crippen LogP contribution in [-0.2, 0) is 9.59 Å². The fraction of sp³-hybridized carbons (Fsp3) is 0.0952. The molecule has 154 valence electrons. The third kappa shape index (κ3) is 5.43. The number of thiocarbonyl (C=S) groups is 1. The second-order valence-electron chi connectivity index (χ2n) is 6.09. The van der Waals surface area contributed by atoms with Crippen LogP contribution in [0.1, 0.15) is 5.56 Å². The van der Waals surface area contributed by atoms with E-state index in [-0.39, 0.29) is 23.4 Å². The molecule has 0 atom stereocenters. The Kier molecular flexibility index (Phi) is 7.55. The van der Waals surface area contributed by atoms with Crippen molar-refractivity contribution >= 4 is 75.1 Å². The van der Waals surface area contributed by atoms with Crippen LogP contribution in [-0.4, -0.2) is 34.2 Å². The van der Waals surface area contributed by atoms with Gasteiger partial charge in [-0.3, -0.25) is 14.5 Å². The Morgan fingerprint density at radius 1 is 1.27 bits per heavy atom. The topological polar surface area (TPSA) is 58.6 Å². The number of amides is 2. The number of carbonyl (C=O) groups is 2. The molecule has 1 saturated heterocycles. The van der Waals surface area contributed by atoms with Crippen molar-refractivity contribution in [1.82, 2.24) is 4.90 Å². The van der Waals surface area contributed by atoms with Gasteiger partial charge in [0.25, 0.3) is 11.8 Å². The molecule has 1 aliphatic rings. The minimum absolute atomic E-state index is 0.158. The molecule has 1 N–H and O–H groups in total. The molecule has 30 heavy (non-hydrogen) atoms. The maximum absolute atomic E-state index is 12.4. The van der Waals surface area contributed by atoms with Gasteiger partial charge in [-0.2, -0.15) is 0 Å². The van der Waals surface area contributed by atoms with Crippen molar-refractivity contribution < 1.29 is 14.3 Å². The standard InChI is InChI=1S/C21H16Cl2N2O3S2/c1-2-9-25-20(27)17(30-21(25)29)11-13-5-3-6-14(10-13)28-12-18(26)24-16-8-4-7-15(22)19(16)23/h2-8,10-11H,1,9,12H2,(H,24,26)/b17-11-. The molecular weight excluding hydrogens is 463 g/mol. The number of hydrogen-bond donors (Lipinski definition) is 1. The third-order valence-corrected chi connectivity index (χ3v) is 6.13. The van der Waals surface area contributed by atoms with Crippen LogP contribution in [0.25, 0.3) is 6.08 Å². The Hall–Kier alpha value is -2.32. The maximum Gasteiger partial charge on any atom is 0.266 e. The molecule has 2 amide bonds. The first-order valence-corrected chi connectivity index (χ1v) is 10.7. The van der Waals surface area contributed by atoms with Crippen LogP contribution in [0.3, 0.4) is 0 Å². The zero-order valence-corrected chi connectivity index (χ0v) is 18.7. The summed E-state index contributed by atoms with van der Waals surface area (Å²) in [7, 11) is 0. The molecule has 0 radical (unpaired) electrons. The molecule has 0 aromatic heterocycles. The summed E-state index contributed by atoms with van der Waals surface area (Å²) in [6.07, 6.45) is 3.37. The van der Waals surface area contributed by atoms with E-state index < -0.39 is 0 Å². The summed E-state index contributed by atoms with van der Waals surface area (Å²) in [6, 6.07) is 12.0. The average molecular weight is 479 g/mol. The van der Waals surface area contributed by atoms with Crippen molar-refractivity contribution in [2.75, 3.05) is 18.5 Å². The van der Waals surface area contributed by atoms with Gasteiger partial charge >= 0.3 is 0 Å². The highest BCUT2D eigenvalue weighted by Gasteiger charge is 2.30. The molecule has 0 spiro atoms. The van der Waals surface area contributed by atoms with Crippen LogP contribution in [0.2, 0.25) is 10.0 Å². The molecule has 2 aromatic rings. The number of nitrogens with zero attached hydrogens (tertiary/aromatic N) is 1. The van der Waals surface area contributed by atoms with Gasteiger partial charge in [0.1, 0.15) is 10.1 Å². The Balaban J connectivity index is 1.64. The summed E-state index contributed by atoms with van der Waals surface area (Å²) in [4.78, 5) is 26.6. The second-order valence-corrected chi connectivity index (χ2v) is 8.55. The summed E-state index contributed by atoms with van der Waals surface area (Å²) < 4.78 is 6.06. The molecule has 1 fully saturated rings. The SMILES string of the molecule is C=CCN1C(=O)/C(=C/c2cccc(OCC(=O)Nc3cccc(Cl)c3Cl)c2)SC1=S. The fourth-order valence-corrected chi connectivity index (χ4v) is 4.19. The first-order chi connectivity index (χ1) is 14.4. The molecule has 1 heterocycles. The summed E-state index contributed by atoms with van der Waals surface area (Å²) in [6.45, 7) is 3.80.